The lowest BCUT2D eigenvalue weighted by atomic mass is 10.1. The van der Waals surface area contributed by atoms with Crippen molar-refractivity contribution >= 4 is 5.78 Å². The van der Waals surface area contributed by atoms with Crippen molar-refractivity contribution in [2.75, 3.05) is 13.1 Å². The molecule has 0 aliphatic heterocycles. The van der Waals surface area contributed by atoms with Crippen LogP contribution in [0.4, 0.5) is 0 Å². The maximum Gasteiger partial charge on any atom is 0.151 e. The molecule has 88 valence electrons. The number of likely N-dealkylation sites (N-methyl/N-ethyl adjacent to an activating group) is 1. The molecule has 0 atom stereocenters. The molecule has 0 bridgehead atoms. The number of hydrogen-bond donors (Lipinski definition) is 0. The Bertz CT molecular complexity index is 319. The van der Waals surface area contributed by atoms with Gasteiger partial charge in [0.25, 0.3) is 0 Å². The van der Waals surface area contributed by atoms with Gasteiger partial charge in [-0.3, -0.25) is 9.69 Å². The SMILES string of the molecule is CCN(CC(=O)Cc1ccccc1)C(C)C. The summed E-state index contributed by atoms with van der Waals surface area (Å²) in [4.78, 5) is 14.0. The van der Waals surface area contributed by atoms with E-state index in [0.29, 0.717) is 24.8 Å². The van der Waals surface area contributed by atoms with E-state index in [1.807, 2.05) is 30.3 Å². The van der Waals surface area contributed by atoms with Gasteiger partial charge < -0.3 is 0 Å². The molecular weight excluding hydrogens is 198 g/mol. The third-order valence-electron chi connectivity index (χ3n) is 2.76. The lowest BCUT2D eigenvalue weighted by molar-refractivity contribution is -0.119. The van der Waals surface area contributed by atoms with Crippen molar-refractivity contribution in [1.82, 2.24) is 4.90 Å². The van der Waals surface area contributed by atoms with Crippen LogP contribution in [0.25, 0.3) is 0 Å². The van der Waals surface area contributed by atoms with Crippen molar-refractivity contribution in [2.45, 2.75) is 33.2 Å². The van der Waals surface area contributed by atoms with Gasteiger partial charge in [-0.1, -0.05) is 37.3 Å². The average molecular weight is 219 g/mol. The normalized spacial score (nSPS) is 11.1. The summed E-state index contributed by atoms with van der Waals surface area (Å²) in [5, 5.41) is 0. The topological polar surface area (TPSA) is 20.3 Å². The van der Waals surface area contributed by atoms with Crippen LogP contribution < -0.4 is 0 Å². The molecule has 0 spiro atoms. The van der Waals surface area contributed by atoms with E-state index in [1.165, 1.54) is 0 Å². The van der Waals surface area contributed by atoms with Crippen LogP contribution in [0.2, 0.25) is 0 Å². The van der Waals surface area contributed by atoms with Crippen molar-refractivity contribution in [3.05, 3.63) is 35.9 Å². The Morgan fingerprint density at radius 3 is 2.38 bits per heavy atom. The van der Waals surface area contributed by atoms with Crippen molar-refractivity contribution in [1.29, 1.82) is 0 Å². The van der Waals surface area contributed by atoms with Crippen LogP contribution in [0.1, 0.15) is 26.3 Å². The predicted octanol–water partition coefficient (Wildman–Crippen LogP) is 2.53. The Labute approximate surface area is 98.3 Å². The molecule has 0 heterocycles. The molecule has 1 aromatic carbocycles. The average Bonchev–Trinajstić information content (AvgIpc) is 2.27. The number of benzene rings is 1. The molecule has 0 radical (unpaired) electrons. The number of hydrogen-bond acceptors (Lipinski definition) is 2. The minimum absolute atomic E-state index is 0.293. The zero-order valence-electron chi connectivity index (χ0n) is 10.4. The molecule has 0 N–H and O–H groups in total. The second-order valence-electron chi connectivity index (χ2n) is 4.36. The fraction of sp³-hybridized carbons (Fsp3) is 0.500. The second kappa shape index (κ2) is 6.44. The van der Waals surface area contributed by atoms with E-state index in [2.05, 4.69) is 25.7 Å². The van der Waals surface area contributed by atoms with Crippen molar-refractivity contribution in [3.8, 4) is 0 Å². The van der Waals surface area contributed by atoms with E-state index < -0.39 is 0 Å². The fourth-order valence-electron chi connectivity index (χ4n) is 1.77. The molecule has 0 aliphatic carbocycles. The largest absolute Gasteiger partial charge is 0.298 e. The van der Waals surface area contributed by atoms with Gasteiger partial charge in [-0.25, -0.2) is 0 Å². The first-order valence-corrected chi connectivity index (χ1v) is 5.93. The molecule has 2 heteroatoms. The zero-order chi connectivity index (χ0) is 12.0. The van der Waals surface area contributed by atoms with Crippen LogP contribution in [0.5, 0.6) is 0 Å². The van der Waals surface area contributed by atoms with Crippen molar-refractivity contribution in [2.24, 2.45) is 0 Å². The first-order chi connectivity index (χ1) is 7.63. The number of carbonyl (C=O) groups excluding carboxylic acids is 1. The summed E-state index contributed by atoms with van der Waals surface area (Å²) in [6.45, 7) is 7.83. The van der Waals surface area contributed by atoms with Gasteiger partial charge in [0, 0.05) is 12.5 Å². The first kappa shape index (κ1) is 12.9. The van der Waals surface area contributed by atoms with Gasteiger partial charge in [0.05, 0.1) is 6.54 Å². The minimum atomic E-state index is 0.293. The number of carbonyl (C=O) groups is 1. The van der Waals surface area contributed by atoms with E-state index in [-0.39, 0.29) is 0 Å². The lowest BCUT2D eigenvalue weighted by Gasteiger charge is -2.23. The monoisotopic (exact) mass is 219 g/mol. The molecule has 0 aliphatic rings. The summed E-state index contributed by atoms with van der Waals surface area (Å²) in [7, 11) is 0. The molecule has 0 saturated carbocycles. The van der Waals surface area contributed by atoms with Gasteiger partial charge in [-0.15, -0.1) is 0 Å². The number of ketones is 1. The molecule has 0 unspecified atom stereocenters. The van der Waals surface area contributed by atoms with Crippen LogP contribution in [0, 0.1) is 0 Å². The molecule has 0 saturated heterocycles. The Balaban J connectivity index is 2.47. The molecule has 1 aromatic rings. The maximum absolute atomic E-state index is 11.8. The number of nitrogens with zero attached hydrogens (tertiary/aromatic N) is 1. The smallest absolute Gasteiger partial charge is 0.151 e. The minimum Gasteiger partial charge on any atom is -0.298 e. The highest BCUT2D eigenvalue weighted by atomic mass is 16.1. The number of rotatable bonds is 6. The maximum atomic E-state index is 11.8. The van der Waals surface area contributed by atoms with Crippen LogP contribution in [0.3, 0.4) is 0 Å². The molecule has 2 nitrogen and oxygen atoms in total. The van der Waals surface area contributed by atoms with Crippen molar-refractivity contribution in [3.63, 3.8) is 0 Å². The van der Waals surface area contributed by atoms with Gasteiger partial charge in [0.2, 0.25) is 0 Å². The van der Waals surface area contributed by atoms with Crippen LogP contribution >= 0.6 is 0 Å². The Kier molecular flexibility index (Phi) is 5.20. The van der Waals surface area contributed by atoms with E-state index in [0.717, 1.165) is 12.1 Å². The van der Waals surface area contributed by atoms with Crippen LogP contribution in [0.15, 0.2) is 30.3 Å². The third-order valence-corrected chi connectivity index (χ3v) is 2.76. The highest BCUT2D eigenvalue weighted by Gasteiger charge is 2.12. The summed E-state index contributed by atoms with van der Waals surface area (Å²) in [6.07, 6.45) is 0.546. The highest BCUT2D eigenvalue weighted by Crippen LogP contribution is 2.03. The van der Waals surface area contributed by atoms with Gasteiger partial charge in [-0.2, -0.15) is 0 Å². The van der Waals surface area contributed by atoms with E-state index in [4.69, 9.17) is 0 Å². The molecule has 0 fully saturated rings. The van der Waals surface area contributed by atoms with E-state index in [1.54, 1.807) is 0 Å². The molecule has 0 amide bonds. The highest BCUT2D eigenvalue weighted by molar-refractivity contribution is 5.82. The van der Waals surface area contributed by atoms with Crippen LogP contribution in [-0.2, 0) is 11.2 Å². The zero-order valence-corrected chi connectivity index (χ0v) is 10.4. The Morgan fingerprint density at radius 2 is 1.88 bits per heavy atom. The van der Waals surface area contributed by atoms with E-state index >= 15 is 0 Å². The summed E-state index contributed by atoms with van der Waals surface area (Å²) in [6, 6.07) is 10.4. The predicted molar refractivity (Wildman–Crippen MR) is 67.5 cm³/mol. The van der Waals surface area contributed by atoms with Gasteiger partial charge in [0.15, 0.2) is 5.78 Å². The molecule has 1 rings (SSSR count). The quantitative estimate of drug-likeness (QED) is 0.732. The first-order valence-electron chi connectivity index (χ1n) is 5.93. The molecule has 16 heavy (non-hydrogen) atoms. The summed E-state index contributed by atoms with van der Waals surface area (Å²) >= 11 is 0. The number of Topliss-reactive ketones (excluding diaryl/α,β-unsaturated/α-hetero) is 1. The second-order valence-corrected chi connectivity index (χ2v) is 4.36. The van der Waals surface area contributed by atoms with Crippen LogP contribution in [-0.4, -0.2) is 29.8 Å². The van der Waals surface area contributed by atoms with Gasteiger partial charge in [-0.05, 0) is 26.0 Å². The summed E-state index contributed by atoms with van der Waals surface area (Å²) in [5.41, 5.74) is 1.10. The van der Waals surface area contributed by atoms with Gasteiger partial charge >= 0.3 is 0 Å². The van der Waals surface area contributed by atoms with E-state index in [9.17, 15) is 4.79 Å². The third kappa shape index (κ3) is 4.15. The molecule has 0 aromatic heterocycles. The van der Waals surface area contributed by atoms with Gasteiger partial charge in [0.1, 0.15) is 0 Å². The Morgan fingerprint density at radius 1 is 1.25 bits per heavy atom. The lowest BCUT2D eigenvalue weighted by Crippen LogP contribution is -2.36. The molecular formula is C14H21NO. The standard InChI is InChI=1S/C14H21NO/c1-4-15(12(2)3)11-14(16)10-13-8-6-5-7-9-13/h5-9,12H,4,10-11H2,1-3H3. The fourth-order valence-corrected chi connectivity index (χ4v) is 1.77. The van der Waals surface area contributed by atoms with Crippen molar-refractivity contribution < 1.29 is 4.79 Å². The summed E-state index contributed by atoms with van der Waals surface area (Å²) < 4.78 is 0. The summed E-state index contributed by atoms with van der Waals surface area (Å²) in [5.74, 6) is 0.293. The Hall–Kier alpha value is -1.15.